The largest absolute Gasteiger partial charge is 0.464 e. The molecule has 0 spiro atoms. The summed E-state index contributed by atoms with van der Waals surface area (Å²) >= 11 is 6.03. The second kappa shape index (κ2) is 10.9. The lowest BCUT2D eigenvalue weighted by Crippen LogP contribution is -2.32. The van der Waals surface area contributed by atoms with Gasteiger partial charge in [0.1, 0.15) is 5.69 Å². The number of aliphatic hydroxyl groups excluding tert-OH is 1. The smallest absolute Gasteiger partial charge is 0.354 e. The summed E-state index contributed by atoms with van der Waals surface area (Å²) in [6.45, 7) is 3.12. The molecule has 1 heterocycles. The fraction of sp³-hybridized carbons (Fsp3) is 0.250. The molecule has 0 aliphatic rings. The van der Waals surface area contributed by atoms with Gasteiger partial charge in [-0.1, -0.05) is 60.1 Å². The van der Waals surface area contributed by atoms with Crippen molar-refractivity contribution in [3.63, 3.8) is 0 Å². The first-order chi connectivity index (χ1) is 16.4. The Hall–Kier alpha value is -3.12. The van der Waals surface area contributed by atoms with E-state index in [2.05, 4.69) is 30.4 Å². The number of carbonyl (C=O) groups is 1. The van der Waals surface area contributed by atoms with E-state index in [1.807, 2.05) is 53.1 Å². The second-order valence-corrected chi connectivity index (χ2v) is 9.01. The van der Waals surface area contributed by atoms with Crippen LogP contribution in [0.15, 0.2) is 78.9 Å². The second-order valence-electron chi connectivity index (χ2n) is 8.57. The van der Waals surface area contributed by atoms with Crippen LogP contribution in [0.2, 0.25) is 5.02 Å². The number of nitrogens with one attached hydrogen (secondary N) is 1. The molecular formula is C28H29ClN2O3. The van der Waals surface area contributed by atoms with Crippen molar-refractivity contribution in [3.8, 4) is 0 Å². The van der Waals surface area contributed by atoms with Gasteiger partial charge in [-0.25, -0.2) is 4.79 Å². The third kappa shape index (κ3) is 5.68. The highest BCUT2D eigenvalue weighted by Gasteiger charge is 2.17. The number of aromatic nitrogens is 1. The lowest BCUT2D eigenvalue weighted by molar-refractivity contribution is 0.0589. The maximum Gasteiger partial charge on any atom is 0.354 e. The summed E-state index contributed by atoms with van der Waals surface area (Å²) in [4.78, 5) is 12.5. The third-order valence-corrected chi connectivity index (χ3v) is 6.21. The van der Waals surface area contributed by atoms with Gasteiger partial charge in [-0.15, -0.1) is 0 Å². The highest BCUT2D eigenvalue weighted by atomic mass is 35.5. The van der Waals surface area contributed by atoms with Gasteiger partial charge in [-0.05, 0) is 60.4 Å². The predicted octanol–water partition coefficient (Wildman–Crippen LogP) is 5.38. The number of aliphatic hydroxyl groups is 1. The average Bonchev–Trinajstić information content (AvgIpc) is 3.20. The van der Waals surface area contributed by atoms with Gasteiger partial charge >= 0.3 is 5.97 Å². The van der Waals surface area contributed by atoms with Gasteiger partial charge in [0.2, 0.25) is 0 Å². The number of carbonyl (C=O) groups excluding carboxylic acids is 1. The Morgan fingerprint density at radius 1 is 1.03 bits per heavy atom. The Morgan fingerprint density at radius 3 is 2.56 bits per heavy atom. The van der Waals surface area contributed by atoms with Crippen molar-refractivity contribution in [2.45, 2.75) is 32.0 Å². The standard InChI is InChI=1S/C28H29ClN2O3/c1-19(30-17-27(32)22-9-6-10-24(29)15-22)13-21-11-12-25-23(14-21)16-26(28(33)34-2)31(25)18-20-7-4-3-5-8-20/h3-12,14-16,19,27,30,32H,13,17-18H2,1-2H3. The van der Waals surface area contributed by atoms with Crippen molar-refractivity contribution in [1.29, 1.82) is 0 Å². The molecule has 0 fully saturated rings. The molecule has 6 heteroatoms. The van der Waals surface area contributed by atoms with Crippen molar-refractivity contribution >= 4 is 28.5 Å². The Balaban J connectivity index is 1.48. The van der Waals surface area contributed by atoms with Crippen LogP contribution in [0.4, 0.5) is 0 Å². The van der Waals surface area contributed by atoms with E-state index in [4.69, 9.17) is 16.3 Å². The first kappa shape index (κ1) is 24.0. The van der Waals surface area contributed by atoms with Gasteiger partial charge in [0.25, 0.3) is 0 Å². The van der Waals surface area contributed by atoms with E-state index in [0.717, 1.165) is 34.0 Å². The van der Waals surface area contributed by atoms with E-state index < -0.39 is 6.10 Å². The molecule has 1 aromatic heterocycles. The number of hydrogen-bond acceptors (Lipinski definition) is 4. The monoisotopic (exact) mass is 476 g/mol. The van der Waals surface area contributed by atoms with Crippen LogP contribution in [-0.2, 0) is 17.7 Å². The molecule has 0 aliphatic carbocycles. The normalized spacial score (nSPS) is 13.1. The molecular weight excluding hydrogens is 448 g/mol. The SMILES string of the molecule is COC(=O)c1cc2cc(CC(C)NCC(O)c3cccc(Cl)c3)ccc2n1Cc1ccccc1. The van der Waals surface area contributed by atoms with Gasteiger partial charge < -0.3 is 19.7 Å². The van der Waals surface area contributed by atoms with Crippen molar-refractivity contribution in [2.24, 2.45) is 0 Å². The molecule has 176 valence electrons. The van der Waals surface area contributed by atoms with Gasteiger partial charge in [-0.2, -0.15) is 0 Å². The minimum absolute atomic E-state index is 0.151. The van der Waals surface area contributed by atoms with E-state index in [-0.39, 0.29) is 12.0 Å². The fourth-order valence-electron chi connectivity index (χ4n) is 4.23. The third-order valence-electron chi connectivity index (χ3n) is 5.98. The fourth-order valence-corrected chi connectivity index (χ4v) is 4.43. The first-order valence-corrected chi connectivity index (χ1v) is 11.7. The van der Waals surface area contributed by atoms with Crippen molar-refractivity contribution in [1.82, 2.24) is 9.88 Å². The van der Waals surface area contributed by atoms with Crippen LogP contribution >= 0.6 is 11.6 Å². The summed E-state index contributed by atoms with van der Waals surface area (Å²) in [7, 11) is 1.41. The molecule has 2 unspecified atom stereocenters. The molecule has 0 radical (unpaired) electrons. The summed E-state index contributed by atoms with van der Waals surface area (Å²) in [6.07, 6.45) is 0.161. The van der Waals surface area contributed by atoms with Crippen LogP contribution in [0.5, 0.6) is 0 Å². The summed E-state index contributed by atoms with van der Waals surface area (Å²) < 4.78 is 7.04. The quantitative estimate of drug-likeness (QED) is 0.318. The summed E-state index contributed by atoms with van der Waals surface area (Å²) in [5.74, 6) is -0.348. The Morgan fingerprint density at radius 2 is 1.82 bits per heavy atom. The van der Waals surface area contributed by atoms with E-state index in [1.165, 1.54) is 7.11 Å². The zero-order valence-corrected chi connectivity index (χ0v) is 20.1. The molecule has 5 nitrogen and oxygen atoms in total. The van der Waals surface area contributed by atoms with Crippen LogP contribution in [0, 0.1) is 0 Å². The van der Waals surface area contributed by atoms with Crippen LogP contribution in [0.3, 0.4) is 0 Å². The molecule has 3 aromatic carbocycles. The number of fused-ring (bicyclic) bond motifs is 1. The van der Waals surface area contributed by atoms with Crippen molar-refractivity contribution in [3.05, 3.63) is 106 Å². The number of rotatable bonds is 9. The van der Waals surface area contributed by atoms with E-state index >= 15 is 0 Å². The molecule has 2 atom stereocenters. The Bertz CT molecular complexity index is 1270. The van der Waals surface area contributed by atoms with Crippen LogP contribution in [-0.4, -0.2) is 35.3 Å². The van der Waals surface area contributed by atoms with Gasteiger partial charge in [-0.3, -0.25) is 0 Å². The lowest BCUT2D eigenvalue weighted by Gasteiger charge is -2.18. The number of methoxy groups -OCH3 is 1. The average molecular weight is 477 g/mol. The minimum atomic E-state index is -0.627. The highest BCUT2D eigenvalue weighted by molar-refractivity contribution is 6.30. The lowest BCUT2D eigenvalue weighted by atomic mass is 10.0. The molecule has 34 heavy (non-hydrogen) atoms. The molecule has 0 amide bonds. The van der Waals surface area contributed by atoms with Gasteiger partial charge in [0.15, 0.2) is 0 Å². The minimum Gasteiger partial charge on any atom is -0.464 e. The highest BCUT2D eigenvalue weighted by Crippen LogP contribution is 2.24. The number of hydrogen-bond donors (Lipinski definition) is 2. The molecule has 2 N–H and O–H groups in total. The number of benzene rings is 3. The van der Waals surface area contributed by atoms with Crippen molar-refractivity contribution in [2.75, 3.05) is 13.7 Å². The molecule has 0 aliphatic heterocycles. The first-order valence-electron chi connectivity index (χ1n) is 11.4. The molecule has 0 saturated carbocycles. The number of nitrogens with zero attached hydrogens (tertiary/aromatic N) is 1. The van der Waals surface area contributed by atoms with Crippen LogP contribution in [0.1, 0.15) is 40.2 Å². The zero-order chi connectivity index (χ0) is 24.1. The molecule has 0 bridgehead atoms. The maximum absolute atomic E-state index is 12.5. The molecule has 0 saturated heterocycles. The summed E-state index contributed by atoms with van der Waals surface area (Å²) in [6, 6.07) is 25.7. The van der Waals surface area contributed by atoms with Gasteiger partial charge in [0, 0.05) is 35.1 Å². The summed E-state index contributed by atoms with van der Waals surface area (Å²) in [5, 5.41) is 15.5. The topological polar surface area (TPSA) is 63.5 Å². The molecule has 4 rings (SSSR count). The Labute approximate surface area is 204 Å². The number of halogens is 1. The summed E-state index contributed by atoms with van der Waals surface area (Å²) in [5.41, 5.74) is 4.59. The zero-order valence-electron chi connectivity index (χ0n) is 19.4. The van der Waals surface area contributed by atoms with Crippen molar-refractivity contribution < 1.29 is 14.6 Å². The van der Waals surface area contributed by atoms with E-state index in [0.29, 0.717) is 23.8 Å². The van der Waals surface area contributed by atoms with Crippen LogP contribution < -0.4 is 5.32 Å². The van der Waals surface area contributed by atoms with E-state index in [9.17, 15) is 9.90 Å². The van der Waals surface area contributed by atoms with E-state index in [1.54, 1.807) is 12.1 Å². The maximum atomic E-state index is 12.5. The molecule has 4 aromatic rings. The number of esters is 1. The van der Waals surface area contributed by atoms with Gasteiger partial charge in [0.05, 0.1) is 13.2 Å². The number of ether oxygens (including phenoxy) is 1. The predicted molar refractivity (Wildman–Crippen MR) is 136 cm³/mol. The van der Waals surface area contributed by atoms with Crippen LogP contribution in [0.25, 0.3) is 10.9 Å². The Kier molecular flexibility index (Phi) is 7.68.